The summed E-state index contributed by atoms with van der Waals surface area (Å²) in [7, 11) is -2.97. The van der Waals surface area contributed by atoms with E-state index >= 15 is 0 Å². The molecule has 0 rings (SSSR count). The fourth-order valence-corrected chi connectivity index (χ4v) is 1.02. The molecule has 0 saturated heterocycles. The third-order valence-corrected chi connectivity index (χ3v) is 1.83. The van der Waals surface area contributed by atoms with Crippen LogP contribution in [0.2, 0.25) is 0 Å². The van der Waals surface area contributed by atoms with Crippen molar-refractivity contribution in [2.75, 3.05) is 13.6 Å². The maximum atomic E-state index is 8.74. The van der Waals surface area contributed by atoms with Gasteiger partial charge < -0.3 is 11.1 Å². The van der Waals surface area contributed by atoms with E-state index in [0.717, 1.165) is 6.54 Å². The van der Waals surface area contributed by atoms with E-state index in [9.17, 15) is 0 Å². The summed E-state index contributed by atoms with van der Waals surface area (Å²) in [6, 6.07) is 0. The van der Waals surface area contributed by atoms with Crippen molar-refractivity contribution in [3.8, 4) is 0 Å². The standard InChI is InChI=1S/C9H21N3.H2O4S/c1-3-4-5-6-7-8-12-9(10)11-2;1-5(2,3)4/h3-8H2,1-2H3,(H3,10,11,12);(H2,1,2,3,4). The second-order valence-corrected chi connectivity index (χ2v) is 4.29. The topological polar surface area (TPSA) is 125 Å². The van der Waals surface area contributed by atoms with Crippen molar-refractivity contribution in [3.63, 3.8) is 0 Å². The highest BCUT2D eigenvalue weighted by Crippen LogP contribution is 2.00. The average Bonchev–Trinajstić information content (AvgIpc) is 2.20. The van der Waals surface area contributed by atoms with Crippen molar-refractivity contribution >= 4 is 16.4 Å². The molecule has 0 bridgehead atoms. The first-order chi connectivity index (χ1) is 7.81. The van der Waals surface area contributed by atoms with Crippen molar-refractivity contribution in [1.82, 2.24) is 5.32 Å². The van der Waals surface area contributed by atoms with Crippen LogP contribution in [0.1, 0.15) is 39.0 Å². The van der Waals surface area contributed by atoms with Crippen molar-refractivity contribution in [3.05, 3.63) is 0 Å². The van der Waals surface area contributed by atoms with Crippen LogP contribution < -0.4 is 11.1 Å². The molecule has 0 aliphatic carbocycles. The fraction of sp³-hybridized carbons (Fsp3) is 0.889. The predicted octanol–water partition coefficient (Wildman–Crippen LogP) is 0.838. The Bertz CT molecular complexity index is 283. The van der Waals surface area contributed by atoms with Crippen molar-refractivity contribution < 1.29 is 17.5 Å². The van der Waals surface area contributed by atoms with Gasteiger partial charge in [-0.05, 0) is 6.42 Å². The van der Waals surface area contributed by atoms with Gasteiger partial charge in [-0.3, -0.25) is 14.1 Å². The number of hydrogen-bond donors (Lipinski definition) is 4. The monoisotopic (exact) mass is 269 g/mol. The van der Waals surface area contributed by atoms with Gasteiger partial charge in [0.2, 0.25) is 0 Å². The van der Waals surface area contributed by atoms with Gasteiger partial charge >= 0.3 is 10.4 Å². The smallest absolute Gasteiger partial charge is 0.370 e. The molecule has 7 nitrogen and oxygen atoms in total. The molecule has 0 amide bonds. The highest BCUT2D eigenvalue weighted by molar-refractivity contribution is 7.79. The molecule has 0 aliphatic rings. The molecule has 104 valence electrons. The lowest BCUT2D eigenvalue weighted by atomic mass is 10.1. The summed E-state index contributed by atoms with van der Waals surface area (Å²) in [4.78, 5) is 3.81. The first kappa shape index (κ1) is 18.5. The van der Waals surface area contributed by atoms with E-state index < -0.39 is 10.4 Å². The lowest BCUT2D eigenvalue weighted by Gasteiger charge is -2.03. The molecule has 0 saturated carbocycles. The van der Waals surface area contributed by atoms with Gasteiger partial charge in [0.1, 0.15) is 0 Å². The quantitative estimate of drug-likeness (QED) is 0.245. The zero-order valence-electron chi connectivity index (χ0n) is 10.4. The van der Waals surface area contributed by atoms with Crippen LogP contribution in [0.25, 0.3) is 0 Å². The number of unbranched alkanes of at least 4 members (excludes halogenated alkanes) is 4. The molecule has 8 heteroatoms. The van der Waals surface area contributed by atoms with Gasteiger partial charge in [0.15, 0.2) is 5.96 Å². The van der Waals surface area contributed by atoms with Gasteiger partial charge in [-0.2, -0.15) is 8.42 Å². The van der Waals surface area contributed by atoms with E-state index in [0.29, 0.717) is 5.96 Å². The molecule has 0 aromatic carbocycles. The molecular weight excluding hydrogens is 246 g/mol. The van der Waals surface area contributed by atoms with Crippen LogP contribution in [-0.4, -0.2) is 37.1 Å². The summed E-state index contributed by atoms with van der Waals surface area (Å²) in [6.45, 7) is 3.17. The molecule has 0 spiro atoms. The van der Waals surface area contributed by atoms with E-state index in [1.54, 1.807) is 7.05 Å². The molecule has 0 unspecified atom stereocenters. The zero-order chi connectivity index (χ0) is 13.7. The van der Waals surface area contributed by atoms with Gasteiger partial charge in [0.05, 0.1) is 0 Å². The zero-order valence-corrected chi connectivity index (χ0v) is 11.2. The normalized spacial score (nSPS) is 11.6. The second kappa shape index (κ2) is 11.6. The lowest BCUT2D eigenvalue weighted by molar-refractivity contribution is 0.381. The summed E-state index contributed by atoms with van der Waals surface area (Å²) >= 11 is 0. The summed E-state index contributed by atoms with van der Waals surface area (Å²) in [5.74, 6) is 0.547. The molecule has 0 atom stereocenters. The first-order valence-electron chi connectivity index (χ1n) is 5.47. The minimum atomic E-state index is -4.67. The van der Waals surface area contributed by atoms with Crippen molar-refractivity contribution in [1.29, 1.82) is 0 Å². The van der Waals surface area contributed by atoms with Gasteiger partial charge in [0.25, 0.3) is 0 Å². The molecule has 0 radical (unpaired) electrons. The van der Waals surface area contributed by atoms with Gasteiger partial charge in [-0.25, -0.2) is 0 Å². The maximum absolute atomic E-state index is 8.74. The van der Waals surface area contributed by atoms with Crippen LogP contribution in [0.15, 0.2) is 4.99 Å². The number of rotatable bonds is 6. The largest absolute Gasteiger partial charge is 0.394 e. The molecule has 0 heterocycles. The minimum absolute atomic E-state index is 0.547. The van der Waals surface area contributed by atoms with Crippen LogP contribution in [0, 0.1) is 0 Å². The summed E-state index contributed by atoms with van der Waals surface area (Å²) < 4.78 is 31.6. The van der Waals surface area contributed by atoms with Crippen LogP contribution in [0.5, 0.6) is 0 Å². The van der Waals surface area contributed by atoms with Gasteiger partial charge in [-0.15, -0.1) is 0 Å². The number of nitrogens with two attached hydrogens (primary N) is 1. The lowest BCUT2D eigenvalue weighted by Crippen LogP contribution is -2.31. The van der Waals surface area contributed by atoms with Crippen LogP contribution >= 0.6 is 0 Å². The van der Waals surface area contributed by atoms with E-state index in [-0.39, 0.29) is 0 Å². The second-order valence-electron chi connectivity index (χ2n) is 3.40. The summed E-state index contributed by atoms with van der Waals surface area (Å²) in [5, 5.41) is 3.04. The SMILES string of the molecule is CCCCCCCNC(N)=NC.O=S(=O)(O)O. The Morgan fingerprint density at radius 2 is 1.71 bits per heavy atom. The number of guanidine groups is 1. The van der Waals surface area contributed by atoms with Crippen LogP contribution in [0.3, 0.4) is 0 Å². The fourth-order valence-electron chi connectivity index (χ4n) is 1.02. The molecular formula is C9H23N3O4S. The number of nitrogens with one attached hydrogen (secondary N) is 1. The third kappa shape index (κ3) is 31.3. The minimum Gasteiger partial charge on any atom is -0.370 e. The molecule has 17 heavy (non-hydrogen) atoms. The van der Waals surface area contributed by atoms with E-state index in [4.69, 9.17) is 23.3 Å². The maximum Gasteiger partial charge on any atom is 0.394 e. The Kier molecular flexibility index (Phi) is 12.6. The molecule has 0 aliphatic heterocycles. The van der Waals surface area contributed by atoms with Gasteiger partial charge in [0, 0.05) is 13.6 Å². The van der Waals surface area contributed by atoms with E-state index in [1.807, 2.05) is 0 Å². The van der Waals surface area contributed by atoms with E-state index in [2.05, 4.69) is 17.2 Å². The number of nitrogens with zero attached hydrogens (tertiary/aromatic N) is 1. The van der Waals surface area contributed by atoms with Crippen molar-refractivity contribution in [2.45, 2.75) is 39.0 Å². The summed E-state index contributed by atoms with van der Waals surface area (Å²) in [5.41, 5.74) is 5.45. The summed E-state index contributed by atoms with van der Waals surface area (Å²) in [6.07, 6.45) is 6.46. The first-order valence-corrected chi connectivity index (χ1v) is 6.87. The Morgan fingerprint density at radius 3 is 2.12 bits per heavy atom. The molecule has 0 aromatic heterocycles. The number of hydrogen-bond acceptors (Lipinski definition) is 3. The highest BCUT2D eigenvalue weighted by Gasteiger charge is 1.89. The highest BCUT2D eigenvalue weighted by atomic mass is 32.3. The predicted molar refractivity (Wildman–Crippen MR) is 68.5 cm³/mol. The number of aliphatic imine (C=N–C) groups is 1. The Balaban J connectivity index is 0. The Morgan fingerprint density at radius 1 is 1.24 bits per heavy atom. The average molecular weight is 269 g/mol. The third-order valence-electron chi connectivity index (χ3n) is 1.83. The van der Waals surface area contributed by atoms with Crippen LogP contribution in [-0.2, 0) is 10.4 Å². The van der Waals surface area contributed by atoms with E-state index in [1.165, 1.54) is 32.1 Å². The van der Waals surface area contributed by atoms with Crippen molar-refractivity contribution in [2.24, 2.45) is 10.7 Å². The molecule has 0 fully saturated rings. The molecule has 0 aromatic rings. The van der Waals surface area contributed by atoms with Crippen LogP contribution in [0.4, 0.5) is 0 Å². The molecule has 5 N–H and O–H groups in total. The Labute approximate surface area is 103 Å². The van der Waals surface area contributed by atoms with Gasteiger partial charge in [-0.1, -0.05) is 32.6 Å². The Hall–Kier alpha value is -0.860.